The molecule has 0 aliphatic carbocycles. The van der Waals surface area contributed by atoms with Crippen LogP contribution >= 0.6 is 11.3 Å². The number of nitrogens with zero attached hydrogens (tertiary/aromatic N) is 2. The van der Waals surface area contributed by atoms with Crippen LogP contribution in [-0.2, 0) is 11.3 Å². The van der Waals surface area contributed by atoms with E-state index in [2.05, 4.69) is 20.2 Å². The van der Waals surface area contributed by atoms with Gasteiger partial charge in [-0.3, -0.25) is 0 Å². The second kappa shape index (κ2) is 5.61. The van der Waals surface area contributed by atoms with Crippen LogP contribution in [0, 0.1) is 0 Å². The van der Waals surface area contributed by atoms with E-state index in [1.807, 2.05) is 11.3 Å². The molecule has 0 saturated carbocycles. The summed E-state index contributed by atoms with van der Waals surface area (Å²) in [6.07, 6.45) is 0. The molecule has 1 aromatic rings. The number of morpholine rings is 1. The molecule has 0 atom stereocenters. The summed E-state index contributed by atoms with van der Waals surface area (Å²) < 4.78 is 6.77. The maximum atomic E-state index is 5.33. The summed E-state index contributed by atoms with van der Waals surface area (Å²) in [5.74, 6) is 0. The monoisotopic (exact) mass is 334 g/mol. The Balaban J connectivity index is 1.91. The third-order valence-corrected chi connectivity index (χ3v) is 8.39. The standard InChI is InChI=1S/C8H11N2OS.2CH3.Sn.H/c1-6-12-8(9-1)7-10-2-4-11-5-3-10;;;;/h6H,2-5,7H2;2*1H3;;. The predicted octanol–water partition coefficient (Wildman–Crippen LogP) is 0.669. The summed E-state index contributed by atoms with van der Waals surface area (Å²) in [5, 5.41) is 3.56. The molecule has 1 aliphatic rings. The van der Waals surface area contributed by atoms with E-state index in [4.69, 9.17) is 9.72 Å². The first-order valence-corrected chi connectivity index (χ1v) is 14.6. The summed E-state index contributed by atoms with van der Waals surface area (Å²) in [7, 11) is 0. The van der Waals surface area contributed by atoms with E-state index >= 15 is 0 Å². The minimum absolute atomic E-state index is 0.877. The molecule has 0 unspecified atom stereocenters. The summed E-state index contributed by atoms with van der Waals surface area (Å²) in [6, 6.07) is 0. The van der Waals surface area contributed by atoms with Gasteiger partial charge in [0.05, 0.1) is 0 Å². The van der Waals surface area contributed by atoms with Crippen molar-refractivity contribution in [2.24, 2.45) is 0 Å². The average molecular weight is 333 g/mol. The molecule has 1 aromatic heterocycles. The van der Waals surface area contributed by atoms with Gasteiger partial charge in [-0.2, -0.15) is 0 Å². The number of aromatic nitrogens is 1. The second-order valence-electron chi connectivity index (χ2n) is 4.21. The first kappa shape index (κ1) is 11.8. The van der Waals surface area contributed by atoms with Crippen LogP contribution in [0.4, 0.5) is 0 Å². The summed E-state index contributed by atoms with van der Waals surface area (Å²) >= 11 is 0.482. The van der Waals surface area contributed by atoms with Crippen molar-refractivity contribution in [2.75, 3.05) is 26.3 Å². The molecule has 1 fully saturated rings. The Kier molecular flexibility index (Phi) is 4.42. The van der Waals surface area contributed by atoms with Crippen molar-refractivity contribution in [2.45, 2.75) is 16.4 Å². The van der Waals surface area contributed by atoms with Crippen molar-refractivity contribution in [1.82, 2.24) is 9.88 Å². The van der Waals surface area contributed by atoms with Gasteiger partial charge in [-0.25, -0.2) is 0 Å². The van der Waals surface area contributed by atoms with E-state index in [-0.39, 0.29) is 0 Å². The molecule has 0 aromatic carbocycles. The minimum atomic E-state index is -1.35. The third-order valence-electron chi connectivity index (χ3n) is 2.62. The normalized spacial score (nSPS) is 18.6. The van der Waals surface area contributed by atoms with Crippen LogP contribution < -0.4 is 3.71 Å². The summed E-state index contributed by atoms with van der Waals surface area (Å²) in [6.45, 7) is 4.88. The van der Waals surface area contributed by atoms with Crippen molar-refractivity contribution in [3.63, 3.8) is 0 Å². The number of hydrogen-bond donors (Lipinski definition) is 0. The molecule has 0 spiro atoms. The fourth-order valence-corrected chi connectivity index (χ4v) is 6.97. The molecule has 0 N–H and O–H groups in total. The van der Waals surface area contributed by atoms with Crippen LogP contribution in [0.2, 0.25) is 9.88 Å². The van der Waals surface area contributed by atoms with Crippen molar-refractivity contribution < 1.29 is 4.74 Å². The van der Waals surface area contributed by atoms with Crippen LogP contribution in [0.3, 0.4) is 0 Å². The van der Waals surface area contributed by atoms with E-state index in [1.54, 1.807) is 0 Å². The molecule has 2 rings (SSSR count). The van der Waals surface area contributed by atoms with Crippen LogP contribution in [0.5, 0.6) is 0 Å². The van der Waals surface area contributed by atoms with Gasteiger partial charge in [0.2, 0.25) is 0 Å². The quantitative estimate of drug-likeness (QED) is 0.761. The van der Waals surface area contributed by atoms with Crippen molar-refractivity contribution >= 4 is 34.8 Å². The Hall–Kier alpha value is 0.349. The molecule has 0 bridgehead atoms. The van der Waals surface area contributed by atoms with Gasteiger partial charge in [-0.05, 0) is 0 Å². The van der Waals surface area contributed by atoms with Gasteiger partial charge >= 0.3 is 103 Å². The van der Waals surface area contributed by atoms with Gasteiger partial charge in [0, 0.05) is 0 Å². The van der Waals surface area contributed by atoms with Crippen LogP contribution in [0.15, 0.2) is 5.38 Å². The van der Waals surface area contributed by atoms with Gasteiger partial charge in [-0.1, -0.05) is 0 Å². The number of thiazole rings is 1. The number of hydrogen-bond acceptors (Lipinski definition) is 4. The van der Waals surface area contributed by atoms with Crippen molar-refractivity contribution in [1.29, 1.82) is 0 Å². The summed E-state index contributed by atoms with van der Waals surface area (Å²) in [5.41, 5.74) is 0. The molecule has 5 heteroatoms. The topological polar surface area (TPSA) is 25.4 Å². The molecule has 0 amide bonds. The van der Waals surface area contributed by atoms with Gasteiger partial charge in [-0.15, -0.1) is 0 Å². The van der Waals surface area contributed by atoms with Crippen LogP contribution in [-0.4, -0.2) is 55.9 Å². The zero-order valence-electron chi connectivity index (χ0n) is 9.40. The molecule has 1 aliphatic heterocycles. The molecule has 84 valence electrons. The van der Waals surface area contributed by atoms with Gasteiger partial charge < -0.3 is 0 Å². The average Bonchev–Trinajstić information content (AvgIpc) is 2.68. The van der Waals surface area contributed by atoms with E-state index in [1.165, 1.54) is 8.72 Å². The van der Waals surface area contributed by atoms with E-state index < -0.39 is 19.8 Å². The fourth-order valence-electron chi connectivity index (χ4n) is 1.61. The van der Waals surface area contributed by atoms with E-state index in [0.29, 0.717) is 0 Å². The Morgan fingerprint density at radius 3 is 2.80 bits per heavy atom. The third kappa shape index (κ3) is 3.41. The van der Waals surface area contributed by atoms with Gasteiger partial charge in [0.15, 0.2) is 0 Å². The molecule has 2 heterocycles. The molecule has 0 radical (unpaired) electrons. The fraction of sp³-hybridized carbons (Fsp3) is 0.700. The first-order valence-electron chi connectivity index (χ1n) is 5.50. The zero-order chi connectivity index (χ0) is 10.7. The van der Waals surface area contributed by atoms with Crippen molar-refractivity contribution in [3.05, 3.63) is 10.4 Å². The molecular weight excluding hydrogens is 315 g/mol. The second-order valence-corrected chi connectivity index (χ2v) is 13.4. The maximum absolute atomic E-state index is 5.33. The van der Waals surface area contributed by atoms with Gasteiger partial charge in [0.1, 0.15) is 0 Å². The summed E-state index contributed by atoms with van der Waals surface area (Å²) in [4.78, 5) is 12.0. The number of ether oxygens (including phenoxy) is 1. The van der Waals surface area contributed by atoms with E-state index in [9.17, 15) is 0 Å². The van der Waals surface area contributed by atoms with E-state index in [0.717, 1.165) is 32.8 Å². The number of rotatable bonds is 3. The molecule has 3 nitrogen and oxygen atoms in total. The molecule has 15 heavy (non-hydrogen) atoms. The van der Waals surface area contributed by atoms with Crippen molar-refractivity contribution in [3.8, 4) is 0 Å². The SMILES string of the molecule is [CH3][SnH]([CH3])[c]1csc(CN2CCOCC2)n1. The predicted molar refractivity (Wildman–Crippen MR) is 66.7 cm³/mol. The molecule has 1 saturated heterocycles. The Bertz CT molecular complexity index is 310. The molecular formula is C10H18N2OSSn. The van der Waals surface area contributed by atoms with Gasteiger partial charge in [0.25, 0.3) is 0 Å². The Labute approximate surface area is 102 Å². The Morgan fingerprint density at radius 1 is 1.47 bits per heavy atom. The zero-order valence-corrected chi connectivity index (χ0v) is 13.5. The van der Waals surface area contributed by atoms with Crippen LogP contribution in [0.1, 0.15) is 5.01 Å². The first-order chi connectivity index (χ1) is 7.25. The Morgan fingerprint density at radius 2 is 2.20 bits per heavy atom. The van der Waals surface area contributed by atoms with Crippen LogP contribution in [0.25, 0.3) is 0 Å².